The third-order valence-electron chi connectivity index (χ3n) is 2.89. The van der Waals surface area contributed by atoms with Crippen LogP contribution >= 0.6 is 0 Å². The van der Waals surface area contributed by atoms with E-state index in [0.717, 1.165) is 11.3 Å². The lowest BCUT2D eigenvalue weighted by molar-refractivity contribution is 0.0946. The van der Waals surface area contributed by atoms with Gasteiger partial charge in [0.1, 0.15) is 6.61 Å². The molecule has 0 spiro atoms. The van der Waals surface area contributed by atoms with E-state index >= 15 is 0 Å². The maximum Gasteiger partial charge on any atom is 0.251 e. The molecule has 1 amide bonds. The Morgan fingerprint density at radius 2 is 2.19 bits per heavy atom. The van der Waals surface area contributed by atoms with Crippen molar-refractivity contribution in [2.75, 3.05) is 6.61 Å². The summed E-state index contributed by atoms with van der Waals surface area (Å²) in [5.41, 5.74) is 2.87. The molecule has 0 aliphatic heterocycles. The first-order valence-corrected chi connectivity index (χ1v) is 6.51. The van der Waals surface area contributed by atoms with E-state index in [2.05, 4.69) is 22.3 Å². The predicted molar refractivity (Wildman–Crippen MR) is 77.6 cm³/mol. The second kappa shape index (κ2) is 6.73. The summed E-state index contributed by atoms with van der Waals surface area (Å²) >= 11 is 0. The number of hydrogen-bond donors (Lipinski definition) is 2. The molecule has 0 saturated heterocycles. The predicted octanol–water partition coefficient (Wildman–Crippen LogP) is 1.57. The van der Waals surface area contributed by atoms with Crippen LogP contribution in [0.3, 0.4) is 0 Å². The Labute approximate surface area is 123 Å². The Hall–Kier alpha value is -2.58. The van der Waals surface area contributed by atoms with E-state index in [9.17, 15) is 4.79 Å². The van der Waals surface area contributed by atoms with Crippen molar-refractivity contribution in [3.8, 4) is 11.8 Å². The first-order valence-electron chi connectivity index (χ1n) is 6.51. The molecule has 2 aromatic rings. The van der Waals surface area contributed by atoms with Crippen LogP contribution in [0.5, 0.6) is 0 Å². The zero-order valence-electron chi connectivity index (χ0n) is 11.9. The van der Waals surface area contributed by atoms with Crippen molar-refractivity contribution in [1.29, 1.82) is 0 Å². The molecule has 0 saturated carbocycles. The number of nitrogens with one attached hydrogen (secondary N) is 1. The number of carbonyl (C=O) groups excluding carboxylic acids is 1. The Bertz CT molecular complexity index is 708. The van der Waals surface area contributed by atoms with E-state index in [1.165, 1.54) is 0 Å². The molecule has 2 rings (SSSR count). The standard InChI is InChI=1S/C16H16N2O3/c1-11-5-6-13(4-3-7-19)9-15(11)16(20)17-10-14-8-12(2)18-21-14/h5-6,8-9,19H,7,10H2,1-2H3,(H,17,20). The smallest absolute Gasteiger partial charge is 0.251 e. The van der Waals surface area contributed by atoms with Gasteiger partial charge in [-0.3, -0.25) is 4.79 Å². The van der Waals surface area contributed by atoms with Crippen molar-refractivity contribution in [3.05, 3.63) is 52.4 Å². The number of amides is 1. The molecule has 0 aliphatic carbocycles. The summed E-state index contributed by atoms with van der Waals surface area (Å²) in [6.07, 6.45) is 0. The minimum Gasteiger partial charge on any atom is -0.384 e. The van der Waals surface area contributed by atoms with Gasteiger partial charge in [0.2, 0.25) is 0 Å². The lowest BCUT2D eigenvalue weighted by Gasteiger charge is -2.06. The number of nitrogens with zero attached hydrogens (tertiary/aromatic N) is 1. The van der Waals surface area contributed by atoms with Crippen LogP contribution in [0.25, 0.3) is 0 Å². The van der Waals surface area contributed by atoms with Gasteiger partial charge >= 0.3 is 0 Å². The van der Waals surface area contributed by atoms with Gasteiger partial charge in [0.15, 0.2) is 5.76 Å². The van der Waals surface area contributed by atoms with Crippen molar-refractivity contribution in [2.45, 2.75) is 20.4 Å². The van der Waals surface area contributed by atoms with Crippen LogP contribution in [-0.2, 0) is 6.54 Å². The number of aliphatic hydroxyl groups is 1. The van der Waals surface area contributed by atoms with Gasteiger partial charge < -0.3 is 14.9 Å². The Morgan fingerprint density at radius 1 is 1.38 bits per heavy atom. The summed E-state index contributed by atoms with van der Waals surface area (Å²) in [5.74, 6) is 5.75. The van der Waals surface area contributed by atoms with Gasteiger partial charge in [0, 0.05) is 17.2 Å². The summed E-state index contributed by atoms with van der Waals surface area (Å²) < 4.78 is 5.04. The third kappa shape index (κ3) is 3.94. The molecule has 1 aromatic carbocycles. The van der Waals surface area contributed by atoms with Crippen LogP contribution in [0, 0.1) is 25.7 Å². The Morgan fingerprint density at radius 3 is 2.86 bits per heavy atom. The molecule has 0 atom stereocenters. The fourth-order valence-electron chi connectivity index (χ4n) is 1.85. The number of benzene rings is 1. The topological polar surface area (TPSA) is 75.4 Å². The van der Waals surface area contributed by atoms with Crippen molar-refractivity contribution in [2.24, 2.45) is 0 Å². The SMILES string of the molecule is Cc1cc(CNC(=O)c2cc(C#CCO)ccc2C)on1. The van der Waals surface area contributed by atoms with Gasteiger partial charge in [-0.05, 0) is 31.5 Å². The Balaban J connectivity index is 2.10. The van der Waals surface area contributed by atoms with Gasteiger partial charge in [-0.2, -0.15) is 0 Å². The van der Waals surface area contributed by atoms with E-state index in [-0.39, 0.29) is 19.1 Å². The van der Waals surface area contributed by atoms with E-state index in [1.54, 1.807) is 12.1 Å². The molecular formula is C16H16N2O3. The fraction of sp³-hybridized carbons (Fsp3) is 0.250. The van der Waals surface area contributed by atoms with Gasteiger partial charge in [0.25, 0.3) is 5.91 Å². The third-order valence-corrected chi connectivity index (χ3v) is 2.89. The molecule has 21 heavy (non-hydrogen) atoms. The molecule has 0 unspecified atom stereocenters. The molecule has 1 aromatic heterocycles. The van der Waals surface area contributed by atoms with Crippen molar-refractivity contribution in [1.82, 2.24) is 10.5 Å². The highest BCUT2D eigenvalue weighted by atomic mass is 16.5. The number of rotatable bonds is 3. The summed E-state index contributed by atoms with van der Waals surface area (Å²) in [6, 6.07) is 7.12. The first-order chi connectivity index (χ1) is 10.1. The van der Waals surface area contributed by atoms with Gasteiger partial charge in [-0.15, -0.1) is 0 Å². The fourth-order valence-corrected chi connectivity index (χ4v) is 1.85. The highest BCUT2D eigenvalue weighted by Crippen LogP contribution is 2.11. The van der Waals surface area contributed by atoms with Crippen LogP contribution in [-0.4, -0.2) is 22.8 Å². The van der Waals surface area contributed by atoms with Crippen LogP contribution < -0.4 is 5.32 Å². The molecule has 0 bridgehead atoms. The van der Waals surface area contributed by atoms with E-state index in [1.807, 2.05) is 26.0 Å². The number of hydrogen-bond acceptors (Lipinski definition) is 4. The van der Waals surface area contributed by atoms with Crippen molar-refractivity contribution < 1.29 is 14.4 Å². The van der Waals surface area contributed by atoms with Gasteiger partial charge in [-0.1, -0.05) is 23.1 Å². The van der Waals surface area contributed by atoms with Crippen LogP contribution in [0.1, 0.15) is 32.9 Å². The van der Waals surface area contributed by atoms with Crippen LogP contribution in [0.2, 0.25) is 0 Å². The maximum atomic E-state index is 12.2. The second-order valence-corrected chi connectivity index (χ2v) is 4.61. The normalized spacial score (nSPS) is 9.86. The highest BCUT2D eigenvalue weighted by Gasteiger charge is 2.10. The summed E-state index contributed by atoms with van der Waals surface area (Å²) in [7, 11) is 0. The van der Waals surface area contributed by atoms with Crippen molar-refractivity contribution in [3.63, 3.8) is 0 Å². The maximum absolute atomic E-state index is 12.2. The lowest BCUT2D eigenvalue weighted by Crippen LogP contribution is -2.23. The minimum atomic E-state index is -0.208. The summed E-state index contributed by atoms with van der Waals surface area (Å²) in [4.78, 5) is 12.2. The van der Waals surface area contributed by atoms with Crippen LogP contribution in [0.4, 0.5) is 0 Å². The quantitative estimate of drug-likeness (QED) is 0.839. The Kier molecular flexibility index (Phi) is 4.75. The monoisotopic (exact) mass is 284 g/mol. The largest absolute Gasteiger partial charge is 0.384 e. The molecule has 0 aliphatic rings. The average Bonchev–Trinajstić information content (AvgIpc) is 2.89. The first kappa shape index (κ1) is 14.8. The average molecular weight is 284 g/mol. The lowest BCUT2D eigenvalue weighted by atomic mass is 10.0. The molecule has 1 heterocycles. The summed E-state index contributed by atoms with van der Waals surface area (Å²) in [5, 5.41) is 15.3. The number of carbonyl (C=O) groups is 1. The minimum absolute atomic E-state index is 0.200. The number of aromatic nitrogens is 1. The number of aliphatic hydroxyl groups excluding tert-OH is 1. The van der Waals surface area contributed by atoms with Gasteiger partial charge in [-0.25, -0.2) is 0 Å². The highest BCUT2D eigenvalue weighted by molar-refractivity contribution is 5.95. The van der Waals surface area contributed by atoms with Crippen LogP contribution in [0.15, 0.2) is 28.8 Å². The van der Waals surface area contributed by atoms with E-state index in [0.29, 0.717) is 16.9 Å². The molecule has 0 radical (unpaired) electrons. The molecule has 2 N–H and O–H groups in total. The van der Waals surface area contributed by atoms with Crippen molar-refractivity contribution >= 4 is 5.91 Å². The van der Waals surface area contributed by atoms with E-state index in [4.69, 9.17) is 9.63 Å². The second-order valence-electron chi connectivity index (χ2n) is 4.61. The molecule has 5 nitrogen and oxygen atoms in total. The molecule has 5 heteroatoms. The summed E-state index contributed by atoms with van der Waals surface area (Å²) in [6.45, 7) is 3.75. The van der Waals surface area contributed by atoms with E-state index < -0.39 is 0 Å². The molecular weight excluding hydrogens is 268 g/mol. The zero-order chi connectivity index (χ0) is 15.2. The van der Waals surface area contributed by atoms with Gasteiger partial charge in [0.05, 0.1) is 12.2 Å². The zero-order valence-corrected chi connectivity index (χ0v) is 11.9. The molecule has 108 valence electrons. The number of aryl methyl sites for hydroxylation is 2. The molecule has 0 fully saturated rings.